The third-order valence-electron chi connectivity index (χ3n) is 5.49. The Bertz CT molecular complexity index is 1020. The summed E-state index contributed by atoms with van der Waals surface area (Å²) in [4.78, 5) is 37.1. The number of carbonyl (C=O) groups is 2. The van der Waals surface area contributed by atoms with E-state index >= 15 is 0 Å². The van der Waals surface area contributed by atoms with Crippen LogP contribution in [0.1, 0.15) is 51.1 Å². The third kappa shape index (κ3) is 4.07. The molecule has 1 fully saturated rings. The maximum Gasteiger partial charge on any atom is 0.278 e. The van der Waals surface area contributed by atoms with Gasteiger partial charge < -0.3 is 9.80 Å². The quantitative estimate of drug-likeness (QED) is 0.721. The van der Waals surface area contributed by atoms with Gasteiger partial charge in [-0.1, -0.05) is 18.2 Å². The second kappa shape index (κ2) is 8.44. The van der Waals surface area contributed by atoms with Crippen molar-refractivity contribution in [2.45, 2.75) is 25.7 Å². The molecular weight excluding hydrogens is 380 g/mol. The Morgan fingerprint density at radius 3 is 2.47 bits per heavy atom. The van der Waals surface area contributed by atoms with Crippen molar-refractivity contribution < 1.29 is 9.59 Å². The molecule has 3 aromatic rings. The first-order valence-electron chi connectivity index (χ1n) is 9.99. The minimum Gasteiger partial charge on any atom is -0.337 e. The van der Waals surface area contributed by atoms with Gasteiger partial charge >= 0.3 is 0 Å². The molecular formula is C22H24N6O2. The van der Waals surface area contributed by atoms with Gasteiger partial charge in [-0.25, -0.2) is 4.98 Å². The Hall–Kier alpha value is -3.55. The highest BCUT2D eigenvalue weighted by Gasteiger charge is 2.27. The van der Waals surface area contributed by atoms with Crippen LogP contribution in [0, 0.1) is 6.92 Å². The lowest BCUT2D eigenvalue weighted by Gasteiger charge is -2.31. The van der Waals surface area contributed by atoms with Gasteiger partial charge in [0.05, 0.1) is 11.9 Å². The predicted molar refractivity (Wildman–Crippen MR) is 112 cm³/mol. The highest BCUT2D eigenvalue weighted by molar-refractivity contribution is 6.04. The standard InChI is InChI=1S/C22H24N6O2/c1-15-13-24-20(14-23-15)22(30)28-10-8-16(9-11-28)18-12-19(26-25-18)21(29)27(2)17-6-4-3-5-7-17/h3-7,12-14,16H,8-11H2,1-2H3,(H,25,26). The molecule has 1 saturated heterocycles. The molecule has 30 heavy (non-hydrogen) atoms. The number of piperidine rings is 1. The molecule has 0 aliphatic carbocycles. The van der Waals surface area contributed by atoms with E-state index in [1.54, 1.807) is 18.1 Å². The summed E-state index contributed by atoms with van der Waals surface area (Å²) in [7, 11) is 1.74. The molecule has 3 heterocycles. The fourth-order valence-corrected chi connectivity index (χ4v) is 3.65. The minimum absolute atomic E-state index is 0.0917. The molecule has 0 atom stereocenters. The summed E-state index contributed by atoms with van der Waals surface area (Å²) in [6.07, 6.45) is 4.74. The molecule has 4 rings (SSSR count). The Morgan fingerprint density at radius 2 is 1.80 bits per heavy atom. The summed E-state index contributed by atoms with van der Waals surface area (Å²) in [6, 6.07) is 11.3. The van der Waals surface area contributed by atoms with Crippen LogP contribution in [0.5, 0.6) is 0 Å². The first kappa shape index (κ1) is 19.8. The first-order valence-corrected chi connectivity index (χ1v) is 9.99. The maximum absolute atomic E-state index is 12.7. The number of para-hydroxylation sites is 1. The van der Waals surface area contributed by atoms with Crippen LogP contribution in [0.2, 0.25) is 0 Å². The van der Waals surface area contributed by atoms with Crippen molar-refractivity contribution in [2.75, 3.05) is 25.0 Å². The second-order valence-corrected chi connectivity index (χ2v) is 7.52. The largest absolute Gasteiger partial charge is 0.337 e. The highest BCUT2D eigenvalue weighted by Crippen LogP contribution is 2.28. The van der Waals surface area contributed by atoms with Crippen LogP contribution in [-0.4, -0.2) is 57.0 Å². The Labute approximate surface area is 175 Å². The lowest BCUT2D eigenvalue weighted by molar-refractivity contribution is 0.0705. The monoisotopic (exact) mass is 404 g/mol. The third-order valence-corrected chi connectivity index (χ3v) is 5.49. The van der Waals surface area contributed by atoms with E-state index in [4.69, 9.17) is 0 Å². The summed E-state index contributed by atoms with van der Waals surface area (Å²) >= 11 is 0. The average molecular weight is 404 g/mol. The number of benzene rings is 1. The minimum atomic E-state index is -0.158. The summed E-state index contributed by atoms with van der Waals surface area (Å²) in [5, 5.41) is 7.25. The lowest BCUT2D eigenvalue weighted by Crippen LogP contribution is -2.38. The van der Waals surface area contributed by atoms with Gasteiger partial charge in [0.1, 0.15) is 5.69 Å². The van der Waals surface area contributed by atoms with E-state index in [1.807, 2.05) is 48.2 Å². The molecule has 1 aliphatic heterocycles. The average Bonchev–Trinajstić information content (AvgIpc) is 3.29. The molecule has 0 bridgehead atoms. The number of rotatable bonds is 4. The molecule has 1 N–H and O–H groups in total. The molecule has 154 valence electrons. The van der Waals surface area contributed by atoms with Gasteiger partial charge in [0.2, 0.25) is 0 Å². The van der Waals surface area contributed by atoms with Crippen molar-refractivity contribution >= 4 is 17.5 Å². The van der Waals surface area contributed by atoms with Crippen LogP contribution in [0.15, 0.2) is 48.8 Å². The van der Waals surface area contributed by atoms with Gasteiger partial charge in [-0.3, -0.25) is 19.7 Å². The number of nitrogens with one attached hydrogen (secondary N) is 1. The SMILES string of the molecule is Cc1cnc(C(=O)N2CCC(c3cc(C(=O)N(C)c4ccccc4)n[nH]3)CC2)cn1. The zero-order valence-corrected chi connectivity index (χ0v) is 17.1. The van der Waals surface area contributed by atoms with Gasteiger partial charge in [0.15, 0.2) is 5.69 Å². The fraction of sp³-hybridized carbons (Fsp3) is 0.318. The number of likely N-dealkylation sites (tertiary alicyclic amines) is 1. The van der Waals surface area contributed by atoms with Crippen LogP contribution >= 0.6 is 0 Å². The van der Waals surface area contributed by atoms with Crippen molar-refractivity contribution in [1.82, 2.24) is 25.1 Å². The number of aryl methyl sites for hydroxylation is 1. The Kier molecular flexibility index (Phi) is 5.56. The molecule has 0 saturated carbocycles. The molecule has 2 amide bonds. The normalized spacial score (nSPS) is 14.5. The number of hydrogen-bond donors (Lipinski definition) is 1. The maximum atomic E-state index is 12.7. The number of carbonyl (C=O) groups excluding carboxylic acids is 2. The predicted octanol–water partition coefficient (Wildman–Crippen LogP) is 2.80. The second-order valence-electron chi connectivity index (χ2n) is 7.52. The first-order chi connectivity index (χ1) is 14.5. The number of amides is 2. The van der Waals surface area contributed by atoms with Gasteiger partial charge in [0.25, 0.3) is 11.8 Å². The van der Waals surface area contributed by atoms with Crippen LogP contribution < -0.4 is 4.90 Å². The molecule has 0 radical (unpaired) electrons. The highest BCUT2D eigenvalue weighted by atomic mass is 16.2. The van der Waals surface area contributed by atoms with E-state index in [9.17, 15) is 9.59 Å². The van der Waals surface area contributed by atoms with Crippen molar-refractivity contribution in [3.8, 4) is 0 Å². The Morgan fingerprint density at radius 1 is 1.07 bits per heavy atom. The van der Waals surface area contributed by atoms with Crippen LogP contribution in [0.3, 0.4) is 0 Å². The zero-order valence-electron chi connectivity index (χ0n) is 17.1. The van der Waals surface area contributed by atoms with Crippen molar-refractivity contribution in [1.29, 1.82) is 0 Å². The van der Waals surface area contributed by atoms with Gasteiger partial charge in [-0.2, -0.15) is 5.10 Å². The number of aromatic nitrogens is 4. The summed E-state index contributed by atoms with van der Waals surface area (Å²) < 4.78 is 0. The zero-order chi connectivity index (χ0) is 21.1. The van der Waals surface area contributed by atoms with E-state index in [1.165, 1.54) is 6.20 Å². The van der Waals surface area contributed by atoms with Crippen molar-refractivity contribution in [3.63, 3.8) is 0 Å². The Balaban J connectivity index is 1.38. The van der Waals surface area contributed by atoms with Crippen molar-refractivity contribution in [2.24, 2.45) is 0 Å². The lowest BCUT2D eigenvalue weighted by atomic mass is 9.93. The fourth-order valence-electron chi connectivity index (χ4n) is 3.65. The van der Waals surface area contributed by atoms with Gasteiger partial charge in [0, 0.05) is 43.6 Å². The van der Waals surface area contributed by atoms with Gasteiger partial charge in [-0.15, -0.1) is 0 Å². The number of hydrogen-bond acceptors (Lipinski definition) is 5. The van der Waals surface area contributed by atoms with Crippen LogP contribution in [0.4, 0.5) is 5.69 Å². The number of H-pyrrole nitrogens is 1. The van der Waals surface area contributed by atoms with Gasteiger partial charge in [-0.05, 0) is 38.0 Å². The van der Waals surface area contributed by atoms with E-state index < -0.39 is 0 Å². The van der Waals surface area contributed by atoms with E-state index in [2.05, 4.69) is 20.2 Å². The van der Waals surface area contributed by atoms with Crippen LogP contribution in [-0.2, 0) is 0 Å². The summed E-state index contributed by atoms with van der Waals surface area (Å²) in [5.74, 6) is -0.0191. The number of aromatic amines is 1. The molecule has 0 spiro atoms. The van der Waals surface area contributed by atoms with Crippen molar-refractivity contribution in [3.05, 3.63) is 71.6 Å². The molecule has 8 heteroatoms. The van der Waals surface area contributed by atoms with Crippen LogP contribution in [0.25, 0.3) is 0 Å². The molecule has 8 nitrogen and oxygen atoms in total. The molecule has 2 aromatic heterocycles. The van der Waals surface area contributed by atoms with E-state index in [-0.39, 0.29) is 17.7 Å². The smallest absolute Gasteiger partial charge is 0.278 e. The number of anilines is 1. The van der Waals surface area contributed by atoms with E-state index in [0.29, 0.717) is 24.5 Å². The number of nitrogens with zero attached hydrogens (tertiary/aromatic N) is 5. The summed E-state index contributed by atoms with van der Waals surface area (Å²) in [6.45, 7) is 3.10. The topological polar surface area (TPSA) is 95.1 Å². The molecule has 1 aromatic carbocycles. The summed E-state index contributed by atoms with van der Waals surface area (Å²) in [5.41, 5.74) is 3.30. The van der Waals surface area contributed by atoms with E-state index in [0.717, 1.165) is 29.9 Å². The molecule has 1 aliphatic rings. The molecule has 0 unspecified atom stereocenters.